The van der Waals surface area contributed by atoms with Crippen molar-refractivity contribution in [3.05, 3.63) is 23.8 Å². The zero-order valence-corrected chi connectivity index (χ0v) is 10.5. The molecule has 4 N–H and O–H groups in total. The van der Waals surface area contributed by atoms with Crippen LogP contribution in [0.15, 0.2) is 23.1 Å². The number of hydrazine groups is 1. The summed E-state index contributed by atoms with van der Waals surface area (Å²) in [7, 11) is -3.35. The fourth-order valence-corrected chi connectivity index (χ4v) is 2.01. The molecular weight excluding hydrogens is 242 g/mol. The van der Waals surface area contributed by atoms with Gasteiger partial charge in [-0.05, 0) is 25.1 Å². The number of anilines is 1. The number of carbonyl (C=O) groups is 1. The summed E-state index contributed by atoms with van der Waals surface area (Å²) in [5.41, 5.74) is 2.74. The molecule has 1 aromatic rings. The number of nitrogens with two attached hydrogens (primary N) is 1. The van der Waals surface area contributed by atoms with E-state index in [2.05, 4.69) is 5.32 Å². The molecule has 17 heavy (non-hydrogen) atoms. The minimum absolute atomic E-state index is 0.0813. The molecule has 0 spiro atoms. The minimum Gasteiger partial charge on any atom is -0.385 e. The van der Waals surface area contributed by atoms with Crippen LogP contribution in [-0.2, 0) is 9.84 Å². The highest BCUT2D eigenvalue weighted by Crippen LogP contribution is 2.20. The summed E-state index contributed by atoms with van der Waals surface area (Å²) in [5.74, 6) is 4.52. The Morgan fingerprint density at radius 2 is 2.06 bits per heavy atom. The van der Waals surface area contributed by atoms with Gasteiger partial charge in [0.1, 0.15) is 0 Å². The predicted octanol–water partition coefficient (Wildman–Crippen LogP) is 0.125. The van der Waals surface area contributed by atoms with Crippen LogP contribution < -0.4 is 16.6 Å². The van der Waals surface area contributed by atoms with Crippen LogP contribution >= 0.6 is 0 Å². The van der Waals surface area contributed by atoms with Crippen molar-refractivity contribution in [1.29, 1.82) is 0 Å². The zero-order valence-electron chi connectivity index (χ0n) is 9.65. The standard InChI is InChI=1S/C10H15N3O3S/c1-3-12-9-5-4-7(17(2,15)16)6-8(9)10(14)13-11/h4-6,12H,3,11H2,1-2H3,(H,13,14). The van der Waals surface area contributed by atoms with Crippen molar-refractivity contribution in [3.63, 3.8) is 0 Å². The van der Waals surface area contributed by atoms with Gasteiger partial charge >= 0.3 is 0 Å². The van der Waals surface area contributed by atoms with E-state index in [1.54, 1.807) is 6.07 Å². The average Bonchev–Trinajstić information content (AvgIpc) is 2.27. The van der Waals surface area contributed by atoms with Crippen molar-refractivity contribution >= 4 is 21.4 Å². The molecule has 0 fully saturated rings. The van der Waals surface area contributed by atoms with Crippen LogP contribution in [0.25, 0.3) is 0 Å². The fourth-order valence-electron chi connectivity index (χ4n) is 1.36. The summed E-state index contributed by atoms with van der Waals surface area (Å²) in [5, 5.41) is 2.96. The summed E-state index contributed by atoms with van der Waals surface area (Å²) < 4.78 is 22.8. The first-order valence-electron chi connectivity index (χ1n) is 4.99. The van der Waals surface area contributed by atoms with Gasteiger partial charge in [-0.15, -0.1) is 0 Å². The second-order valence-corrected chi connectivity index (χ2v) is 5.50. The lowest BCUT2D eigenvalue weighted by molar-refractivity contribution is 0.0954. The van der Waals surface area contributed by atoms with E-state index >= 15 is 0 Å². The maximum Gasteiger partial charge on any atom is 0.267 e. The molecule has 0 aromatic heterocycles. The molecule has 0 bridgehead atoms. The molecule has 1 aromatic carbocycles. The maximum atomic E-state index is 11.5. The molecule has 0 heterocycles. The number of nitrogens with one attached hydrogen (secondary N) is 2. The fraction of sp³-hybridized carbons (Fsp3) is 0.300. The van der Waals surface area contributed by atoms with Crippen LogP contribution in [0.4, 0.5) is 5.69 Å². The summed E-state index contributed by atoms with van der Waals surface area (Å²) in [6, 6.07) is 4.29. The number of rotatable bonds is 4. The van der Waals surface area contributed by atoms with Crippen molar-refractivity contribution < 1.29 is 13.2 Å². The van der Waals surface area contributed by atoms with E-state index in [-0.39, 0.29) is 10.5 Å². The molecule has 0 atom stereocenters. The van der Waals surface area contributed by atoms with E-state index in [4.69, 9.17) is 5.84 Å². The number of hydrogen-bond acceptors (Lipinski definition) is 5. The van der Waals surface area contributed by atoms with Gasteiger partial charge in [0.25, 0.3) is 5.91 Å². The van der Waals surface area contributed by atoms with E-state index in [1.165, 1.54) is 12.1 Å². The smallest absolute Gasteiger partial charge is 0.267 e. The summed E-state index contributed by atoms with van der Waals surface area (Å²) >= 11 is 0. The van der Waals surface area contributed by atoms with Crippen LogP contribution in [0.1, 0.15) is 17.3 Å². The lowest BCUT2D eigenvalue weighted by Gasteiger charge is -2.10. The maximum absolute atomic E-state index is 11.5. The van der Waals surface area contributed by atoms with Crippen LogP contribution in [0, 0.1) is 0 Å². The minimum atomic E-state index is -3.35. The molecule has 0 saturated heterocycles. The Labute approximate surface area is 100 Å². The molecular formula is C10H15N3O3S. The van der Waals surface area contributed by atoms with Gasteiger partial charge in [0, 0.05) is 18.5 Å². The molecule has 0 saturated carbocycles. The number of amides is 1. The van der Waals surface area contributed by atoms with E-state index in [0.717, 1.165) is 6.26 Å². The van der Waals surface area contributed by atoms with E-state index in [0.29, 0.717) is 12.2 Å². The Balaban J connectivity index is 3.34. The monoisotopic (exact) mass is 257 g/mol. The Kier molecular flexibility index (Phi) is 4.08. The SMILES string of the molecule is CCNc1ccc(S(C)(=O)=O)cc1C(=O)NN. The summed E-state index contributed by atoms with van der Waals surface area (Å²) in [4.78, 5) is 11.6. The van der Waals surface area contributed by atoms with Gasteiger partial charge in [0.15, 0.2) is 9.84 Å². The molecule has 0 unspecified atom stereocenters. The normalized spacial score (nSPS) is 11.0. The zero-order chi connectivity index (χ0) is 13.1. The number of carbonyl (C=O) groups excluding carboxylic acids is 1. The Morgan fingerprint density at radius 1 is 1.41 bits per heavy atom. The molecule has 7 heteroatoms. The van der Waals surface area contributed by atoms with E-state index in [9.17, 15) is 13.2 Å². The Bertz CT molecular complexity index is 526. The van der Waals surface area contributed by atoms with Crippen LogP contribution in [0.2, 0.25) is 0 Å². The third-order valence-electron chi connectivity index (χ3n) is 2.16. The average molecular weight is 257 g/mol. The van der Waals surface area contributed by atoms with E-state index < -0.39 is 15.7 Å². The highest BCUT2D eigenvalue weighted by atomic mass is 32.2. The van der Waals surface area contributed by atoms with Gasteiger partial charge in [-0.3, -0.25) is 10.2 Å². The second kappa shape index (κ2) is 5.15. The van der Waals surface area contributed by atoms with Crippen LogP contribution in [0.5, 0.6) is 0 Å². The van der Waals surface area contributed by atoms with Gasteiger partial charge < -0.3 is 5.32 Å². The molecule has 1 rings (SSSR count). The Morgan fingerprint density at radius 3 is 2.53 bits per heavy atom. The third kappa shape index (κ3) is 3.18. The van der Waals surface area contributed by atoms with Crippen molar-refractivity contribution in [2.75, 3.05) is 18.1 Å². The highest BCUT2D eigenvalue weighted by molar-refractivity contribution is 7.90. The third-order valence-corrected chi connectivity index (χ3v) is 3.27. The van der Waals surface area contributed by atoms with Gasteiger partial charge in [0.05, 0.1) is 10.5 Å². The van der Waals surface area contributed by atoms with Gasteiger partial charge in [-0.1, -0.05) is 0 Å². The number of benzene rings is 1. The Hall–Kier alpha value is -1.60. The van der Waals surface area contributed by atoms with Gasteiger partial charge in [-0.25, -0.2) is 14.3 Å². The largest absolute Gasteiger partial charge is 0.385 e. The number of nitrogen functional groups attached to an aromatic ring is 1. The molecule has 0 aliphatic carbocycles. The van der Waals surface area contributed by atoms with Crippen molar-refractivity contribution in [1.82, 2.24) is 5.43 Å². The number of hydrogen-bond donors (Lipinski definition) is 3. The topological polar surface area (TPSA) is 101 Å². The quantitative estimate of drug-likeness (QED) is 0.404. The molecule has 6 nitrogen and oxygen atoms in total. The molecule has 0 aliphatic rings. The molecule has 0 aliphatic heterocycles. The van der Waals surface area contributed by atoms with Crippen molar-refractivity contribution in [3.8, 4) is 0 Å². The summed E-state index contributed by atoms with van der Waals surface area (Å²) in [6.07, 6.45) is 1.08. The number of sulfone groups is 1. The van der Waals surface area contributed by atoms with Crippen LogP contribution in [-0.4, -0.2) is 27.1 Å². The second-order valence-electron chi connectivity index (χ2n) is 3.48. The molecule has 0 radical (unpaired) electrons. The molecule has 94 valence electrons. The van der Waals surface area contributed by atoms with Gasteiger partial charge in [0.2, 0.25) is 0 Å². The van der Waals surface area contributed by atoms with Crippen molar-refractivity contribution in [2.24, 2.45) is 5.84 Å². The van der Waals surface area contributed by atoms with Gasteiger partial charge in [-0.2, -0.15) is 0 Å². The predicted molar refractivity (Wildman–Crippen MR) is 65.4 cm³/mol. The first-order valence-corrected chi connectivity index (χ1v) is 6.88. The lowest BCUT2D eigenvalue weighted by atomic mass is 10.1. The highest BCUT2D eigenvalue weighted by Gasteiger charge is 2.15. The van der Waals surface area contributed by atoms with E-state index in [1.807, 2.05) is 12.3 Å². The van der Waals surface area contributed by atoms with Crippen molar-refractivity contribution in [2.45, 2.75) is 11.8 Å². The first kappa shape index (κ1) is 13.5. The summed E-state index contributed by atoms with van der Waals surface area (Å²) in [6.45, 7) is 2.48. The van der Waals surface area contributed by atoms with Crippen LogP contribution in [0.3, 0.4) is 0 Å². The first-order chi connectivity index (χ1) is 7.90. The molecule has 1 amide bonds. The lowest BCUT2D eigenvalue weighted by Crippen LogP contribution is -2.30.